The summed E-state index contributed by atoms with van der Waals surface area (Å²) in [4.78, 5) is 0. The molecule has 0 heterocycles. The van der Waals surface area contributed by atoms with Gasteiger partial charge in [0.15, 0.2) is 0 Å². The van der Waals surface area contributed by atoms with Gasteiger partial charge >= 0.3 is 0 Å². The van der Waals surface area contributed by atoms with Gasteiger partial charge in [0.1, 0.15) is 5.75 Å². The molecule has 0 saturated carbocycles. The number of anilines is 1. The Labute approximate surface area is 119 Å². The van der Waals surface area contributed by atoms with Crippen molar-refractivity contribution >= 4 is 17.3 Å². The van der Waals surface area contributed by atoms with E-state index in [-0.39, 0.29) is 6.04 Å². The van der Waals surface area contributed by atoms with E-state index in [1.54, 1.807) is 6.07 Å². The average Bonchev–Trinajstić information content (AvgIpc) is 2.32. The predicted molar refractivity (Wildman–Crippen MR) is 81.1 cm³/mol. The molecular weight excluding hydrogens is 258 g/mol. The Morgan fingerprint density at radius 1 is 1.11 bits per heavy atom. The molecule has 2 N–H and O–H groups in total. The molecule has 1 unspecified atom stereocenters. The van der Waals surface area contributed by atoms with Crippen LogP contribution in [0, 0.1) is 13.8 Å². The summed E-state index contributed by atoms with van der Waals surface area (Å²) in [5.41, 5.74) is 4.05. The molecule has 100 valence electrons. The van der Waals surface area contributed by atoms with E-state index in [0.717, 1.165) is 27.4 Å². The normalized spacial score (nSPS) is 12.2. The number of aryl methyl sites for hydroxylation is 2. The number of halogens is 1. The molecule has 2 nitrogen and oxygen atoms in total. The third-order valence-electron chi connectivity index (χ3n) is 3.21. The topological polar surface area (TPSA) is 32.3 Å². The molecule has 0 bridgehead atoms. The summed E-state index contributed by atoms with van der Waals surface area (Å²) in [6, 6.07) is 11.5. The summed E-state index contributed by atoms with van der Waals surface area (Å²) < 4.78 is 0. The average molecular weight is 276 g/mol. The minimum absolute atomic E-state index is 0.0282. The summed E-state index contributed by atoms with van der Waals surface area (Å²) in [6.45, 7) is 6.00. The van der Waals surface area contributed by atoms with Crippen molar-refractivity contribution < 1.29 is 5.11 Å². The fraction of sp³-hybridized carbons (Fsp3) is 0.250. The lowest BCUT2D eigenvalue weighted by atomic mass is 10.0. The Hall–Kier alpha value is -1.67. The molecule has 0 aliphatic heterocycles. The number of hydrogen-bond donors (Lipinski definition) is 2. The van der Waals surface area contributed by atoms with Crippen molar-refractivity contribution in [2.45, 2.75) is 26.8 Å². The van der Waals surface area contributed by atoms with Gasteiger partial charge in [0.05, 0.1) is 6.04 Å². The Balaban J connectivity index is 2.23. The van der Waals surface area contributed by atoms with Crippen LogP contribution in [0.2, 0.25) is 5.02 Å². The molecule has 0 amide bonds. The van der Waals surface area contributed by atoms with Crippen LogP contribution in [0.5, 0.6) is 5.75 Å². The summed E-state index contributed by atoms with van der Waals surface area (Å²) in [5, 5.41) is 14.1. The maximum Gasteiger partial charge on any atom is 0.121 e. The van der Waals surface area contributed by atoms with E-state index >= 15 is 0 Å². The second kappa shape index (κ2) is 5.54. The molecule has 19 heavy (non-hydrogen) atoms. The molecule has 0 saturated heterocycles. The molecule has 0 fully saturated rings. The van der Waals surface area contributed by atoms with Gasteiger partial charge in [0.25, 0.3) is 0 Å². The third kappa shape index (κ3) is 3.21. The van der Waals surface area contributed by atoms with E-state index in [2.05, 4.69) is 5.32 Å². The molecule has 2 aromatic rings. The van der Waals surface area contributed by atoms with Crippen LogP contribution in [0.25, 0.3) is 0 Å². The van der Waals surface area contributed by atoms with Gasteiger partial charge in [-0.3, -0.25) is 0 Å². The van der Waals surface area contributed by atoms with Crippen molar-refractivity contribution in [3.63, 3.8) is 0 Å². The number of nitrogens with one attached hydrogen (secondary N) is 1. The lowest BCUT2D eigenvalue weighted by Gasteiger charge is -2.19. The summed E-state index contributed by atoms with van der Waals surface area (Å²) in [7, 11) is 0. The molecule has 0 aliphatic rings. The first-order chi connectivity index (χ1) is 8.97. The molecule has 1 atom stereocenters. The van der Waals surface area contributed by atoms with E-state index in [0.29, 0.717) is 5.75 Å². The van der Waals surface area contributed by atoms with E-state index in [9.17, 15) is 5.11 Å². The zero-order valence-corrected chi connectivity index (χ0v) is 12.1. The van der Waals surface area contributed by atoms with Crippen LogP contribution < -0.4 is 5.32 Å². The van der Waals surface area contributed by atoms with Crippen molar-refractivity contribution in [2.75, 3.05) is 5.32 Å². The summed E-state index contributed by atoms with van der Waals surface area (Å²) >= 11 is 5.95. The first-order valence-corrected chi connectivity index (χ1v) is 6.67. The van der Waals surface area contributed by atoms with Crippen molar-refractivity contribution in [1.82, 2.24) is 0 Å². The van der Waals surface area contributed by atoms with E-state index in [4.69, 9.17) is 11.6 Å². The van der Waals surface area contributed by atoms with E-state index < -0.39 is 0 Å². The minimum Gasteiger partial charge on any atom is -0.508 e. The van der Waals surface area contributed by atoms with Crippen molar-refractivity contribution in [3.05, 3.63) is 58.1 Å². The first kappa shape index (κ1) is 13.8. The highest BCUT2D eigenvalue weighted by Crippen LogP contribution is 2.29. The highest BCUT2D eigenvalue weighted by atomic mass is 35.5. The monoisotopic (exact) mass is 275 g/mol. The SMILES string of the molecule is Cc1ccc(C(C)Nc2ccc(Cl)cc2C)c(O)c1. The molecule has 3 heteroatoms. The third-order valence-corrected chi connectivity index (χ3v) is 3.45. The number of benzene rings is 2. The van der Waals surface area contributed by atoms with Crippen LogP contribution in [-0.4, -0.2) is 5.11 Å². The van der Waals surface area contributed by atoms with Crippen molar-refractivity contribution in [2.24, 2.45) is 0 Å². The van der Waals surface area contributed by atoms with Gasteiger partial charge in [-0.05, 0) is 56.2 Å². The smallest absolute Gasteiger partial charge is 0.121 e. The lowest BCUT2D eigenvalue weighted by molar-refractivity contribution is 0.465. The van der Waals surface area contributed by atoms with Crippen LogP contribution in [0.3, 0.4) is 0 Å². The second-order valence-electron chi connectivity index (χ2n) is 4.89. The Morgan fingerprint density at radius 2 is 1.84 bits per heavy atom. The Kier molecular flexibility index (Phi) is 4.01. The quantitative estimate of drug-likeness (QED) is 0.840. The highest BCUT2D eigenvalue weighted by Gasteiger charge is 2.11. The van der Waals surface area contributed by atoms with E-state index in [1.807, 2.05) is 51.1 Å². The maximum absolute atomic E-state index is 9.99. The maximum atomic E-state index is 9.99. The molecule has 0 spiro atoms. The van der Waals surface area contributed by atoms with Crippen LogP contribution in [0.1, 0.15) is 29.7 Å². The first-order valence-electron chi connectivity index (χ1n) is 6.29. The van der Waals surface area contributed by atoms with Gasteiger partial charge in [0.2, 0.25) is 0 Å². The molecule has 0 aliphatic carbocycles. The van der Waals surface area contributed by atoms with Gasteiger partial charge in [-0.25, -0.2) is 0 Å². The van der Waals surface area contributed by atoms with Crippen LogP contribution in [0.4, 0.5) is 5.69 Å². The molecule has 2 rings (SSSR count). The Morgan fingerprint density at radius 3 is 2.47 bits per heavy atom. The van der Waals surface area contributed by atoms with Crippen LogP contribution in [-0.2, 0) is 0 Å². The molecular formula is C16H18ClNO. The van der Waals surface area contributed by atoms with Gasteiger partial charge in [-0.2, -0.15) is 0 Å². The van der Waals surface area contributed by atoms with Crippen molar-refractivity contribution in [1.29, 1.82) is 0 Å². The van der Waals surface area contributed by atoms with Crippen LogP contribution in [0.15, 0.2) is 36.4 Å². The fourth-order valence-electron chi connectivity index (χ4n) is 2.12. The van der Waals surface area contributed by atoms with Gasteiger partial charge in [0, 0.05) is 16.3 Å². The largest absolute Gasteiger partial charge is 0.508 e. The standard InChI is InChI=1S/C16H18ClNO/c1-10-4-6-14(16(19)8-10)12(3)18-15-7-5-13(17)9-11(15)2/h4-9,12,18-19H,1-3H3. The number of hydrogen-bond acceptors (Lipinski definition) is 2. The molecule has 0 aromatic heterocycles. The molecule has 0 radical (unpaired) electrons. The minimum atomic E-state index is 0.0282. The van der Waals surface area contributed by atoms with E-state index in [1.165, 1.54) is 0 Å². The number of aromatic hydroxyl groups is 1. The molecule has 2 aromatic carbocycles. The van der Waals surface area contributed by atoms with Crippen molar-refractivity contribution in [3.8, 4) is 5.75 Å². The number of rotatable bonds is 3. The predicted octanol–water partition coefficient (Wildman–Crippen LogP) is 4.84. The summed E-state index contributed by atoms with van der Waals surface area (Å²) in [5.74, 6) is 0.326. The number of phenolic OH excluding ortho intramolecular Hbond substituents is 1. The van der Waals surface area contributed by atoms with Gasteiger partial charge < -0.3 is 10.4 Å². The van der Waals surface area contributed by atoms with Gasteiger partial charge in [-0.15, -0.1) is 0 Å². The van der Waals surface area contributed by atoms with Gasteiger partial charge in [-0.1, -0.05) is 23.7 Å². The zero-order valence-electron chi connectivity index (χ0n) is 11.4. The van der Waals surface area contributed by atoms with Crippen LogP contribution >= 0.6 is 11.6 Å². The zero-order chi connectivity index (χ0) is 14.0. The Bertz CT molecular complexity index is 595. The second-order valence-corrected chi connectivity index (χ2v) is 5.32. The fourth-order valence-corrected chi connectivity index (χ4v) is 2.35. The highest BCUT2D eigenvalue weighted by molar-refractivity contribution is 6.30. The summed E-state index contributed by atoms with van der Waals surface area (Å²) in [6.07, 6.45) is 0. The lowest BCUT2D eigenvalue weighted by Crippen LogP contribution is -2.08. The number of phenols is 1.